The molecule has 0 saturated carbocycles. The molecule has 0 heterocycles. The van der Waals surface area contributed by atoms with Crippen LogP contribution in [0.15, 0.2) is 18.2 Å². The molecule has 0 aliphatic rings. The highest BCUT2D eigenvalue weighted by molar-refractivity contribution is 6.30. The van der Waals surface area contributed by atoms with Crippen LogP contribution in [0.1, 0.15) is 32.3 Å². The van der Waals surface area contributed by atoms with Crippen molar-refractivity contribution in [2.24, 2.45) is 5.92 Å². The summed E-state index contributed by atoms with van der Waals surface area (Å²) in [6.07, 6.45) is 0. The molecule has 0 bridgehead atoms. The van der Waals surface area contributed by atoms with Crippen LogP contribution in [0.5, 0.6) is 0 Å². The van der Waals surface area contributed by atoms with E-state index in [0.29, 0.717) is 16.9 Å². The fourth-order valence-electron chi connectivity index (χ4n) is 1.22. The van der Waals surface area contributed by atoms with Crippen LogP contribution in [0, 0.1) is 11.7 Å². The number of benzene rings is 1. The SMILES string of the molecule is CC(C)[C@H](C)c1cc(F)cc(Cl)c1. The predicted molar refractivity (Wildman–Crippen MR) is 54.7 cm³/mol. The minimum Gasteiger partial charge on any atom is -0.207 e. The van der Waals surface area contributed by atoms with Crippen LogP contribution in [0.4, 0.5) is 4.39 Å². The first-order valence-corrected chi connectivity index (χ1v) is 4.84. The maximum atomic E-state index is 13.0. The standard InChI is InChI=1S/C11H14ClF/c1-7(2)8(3)9-4-10(12)6-11(13)5-9/h4-8H,1-3H3/t8-/m0/s1. The summed E-state index contributed by atoms with van der Waals surface area (Å²) in [5.74, 6) is 0.584. The van der Waals surface area contributed by atoms with E-state index in [1.807, 2.05) is 6.07 Å². The Morgan fingerprint density at radius 3 is 2.23 bits per heavy atom. The van der Waals surface area contributed by atoms with E-state index in [1.54, 1.807) is 6.07 Å². The van der Waals surface area contributed by atoms with Crippen LogP contribution in [0.25, 0.3) is 0 Å². The average molecular weight is 201 g/mol. The summed E-state index contributed by atoms with van der Waals surface area (Å²) < 4.78 is 13.0. The third kappa shape index (κ3) is 2.70. The first kappa shape index (κ1) is 10.5. The molecule has 1 aromatic rings. The molecule has 13 heavy (non-hydrogen) atoms. The molecule has 0 aromatic heterocycles. The van der Waals surface area contributed by atoms with Gasteiger partial charge in [-0.15, -0.1) is 0 Å². The van der Waals surface area contributed by atoms with Crippen LogP contribution < -0.4 is 0 Å². The quantitative estimate of drug-likeness (QED) is 0.670. The van der Waals surface area contributed by atoms with E-state index < -0.39 is 0 Å². The second kappa shape index (κ2) is 4.10. The molecular weight excluding hydrogens is 187 g/mol. The summed E-state index contributed by atoms with van der Waals surface area (Å²) in [6, 6.07) is 4.71. The van der Waals surface area contributed by atoms with Crippen molar-refractivity contribution in [3.8, 4) is 0 Å². The fraction of sp³-hybridized carbons (Fsp3) is 0.455. The average Bonchev–Trinajstić information content (AvgIpc) is 2.01. The molecule has 0 nitrogen and oxygen atoms in total. The van der Waals surface area contributed by atoms with Gasteiger partial charge in [0.05, 0.1) is 0 Å². The predicted octanol–water partition coefficient (Wildman–Crippen LogP) is 4.24. The molecular formula is C11H14ClF. The normalized spacial score (nSPS) is 13.4. The van der Waals surface area contributed by atoms with Crippen molar-refractivity contribution in [2.45, 2.75) is 26.7 Å². The van der Waals surface area contributed by atoms with E-state index in [0.717, 1.165) is 5.56 Å². The zero-order valence-electron chi connectivity index (χ0n) is 8.14. The molecule has 0 N–H and O–H groups in total. The highest BCUT2D eigenvalue weighted by Crippen LogP contribution is 2.26. The van der Waals surface area contributed by atoms with E-state index in [-0.39, 0.29) is 5.82 Å². The van der Waals surface area contributed by atoms with E-state index in [2.05, 4.69) is 20.8 Å². The lowest BCUT2D eigenvalue weighted by molar-refractivity contribution is 0.530. The van der Waals surface area contributed by atoms with Crippen molar-refractivity contribution in [3.05, 3.63) is 34.6 Å². The van der Waals surface area contributed by atoms with Gasteiger partial charge in [-0.1, -0.05) is 32.4 Å². The molecule has 0 radical (unpaired) electrons. The lowest BCUT2D eigenvalue weighted by atomic mass is 9.90. The molecule has 0 aliphatic heterocycles. The summed E-state index contributed by atoms with van der Waals surface area (Å²) >= 11 is 5.76. The zero-order valence-corrected chi connectivity index (χ0v) is 8.90. The summed E-state index contributed by atoms with van der Waals surface area (Å²) in [5, 5.41) is 0.475. The monoisotopic (exact) mass is 200 g/mol. The Kier molecular flexibility index (Phi) is 3.32. The first-order valence-electron chi connectivity index (χ1n) is 4.46. The Morgan fingerprint density at radius 1 is 1.15 bits per heavy atom. The van der Waals surface area contributed by atoms with Crippen molar-refractivity contribution in [2.75, 3.05) is 0 Å². The zero-order chi connectivity index (χ0) is 10.0. The molecule has 1 atom stereocenters. The maximum absolute atomic E-state index is 13.0. The Labute approximate surface area is 83.7 Å². The van der Waals surface area contributed by atoms with Gasteiger partial charge in [0.25, 0.3) is 0 Å². The van der Waals surface area contributed by atoms with Crippen LogP contribution in [0.3, 0.4) is 0 Å². The lowest BCUT2D eigenvalue weighted by Crippen LogP contribution is -2.02. The van der Waals surface area contributed by atoms with E-state index >= 15 is 0 Å². The molecule has 72 valence electrons. The van der Waals surface area contributed by atoms with Gasteiger partial charge in [0.1, 0.15) is 5.82 Å². The number of halogens is 2. The smallest absolute Gasteiger partial charge is 0.124 e. The number of rotatable bonds is 2. The van der Waals surface area contributed by atoms with Gasteiger partial charge < -0.3 is 0 Å². The second-order valence-corrected chi connectivity index (χ2v) is 4.17. The molecule has 1 rings (SSSR count). The third-order valence-corrected chi connectivity index (χ3v) is 2.63. The fourth-order valence-corrected chi connectivity index (χ4v) is 1.45. The number of hydrogen-bond donors (Lipinski definition) is 0. The van der Waals surface area contributed by atoms with Crippen molar-refractivity contribution in [3.63, 3.8) is 0 Å². The van der Waals surface area contributed by atoms with Gasteiger partial charge in [-0.25, -0.2) is 4.39 Å². The van der Waals surface area contributed by atoms with Gasteiger partial charge in [-0.05, 0) is 35.6 Å². The molecule has 0 unspecified atom stereocenters. The molecule has 0 spiro atoms. The van der Waals surface area contributed by atoms with Gasteiger partial charge >= 0.3 is 0 Å². The molecule has 0 fully saturated rings. The molecule has 0 aliphatic carbocycles. The Morgan fingerprint density at radius 2 is 1.77 bits per heavy atom. The Balaban J connectivity index is 3.01. The van der Waals surface area contributed by atoms with Crippen LogP contribution in [-0.4, -0.2) is 0 Å². The van der Waals surface area contributed by atoms with Crippen LogP contribution in [-0.2, 0) is 0 Å². The summed E-state index contributed by atoms with van der Waals surface area (Å²) in [4.78, 5) is 0. The Bertz CT molecular complexity index is 274. The summed E-state index contributed by atoms with van der Waals surface area (Å²) in [6.45, 7) is 6.31. The summed E-state index contributed by atoms with van der Waals surface area (Å²) in [7, 11) is 0. The van der Waals surface area contributed by atoms with E-state index in [1.165, 1.54) is 6.07 Å². The van der Waals surface area contributed by atoms with Gasteiger partial charge in [-0.3, -0.25) is 0 Å². The molecule has 0 amide bonds. The van der Waals surface area contributed by atoms with Crippen molar-refractivity contribution >= 4 is 11.6 Å². The van der Waals surface area contributed by atoms with Crippen LogP contribution in [0.2, 0.25) is 5.02 Å². The van der Waals surface area contributed by atoms with Crippen LogP contribution >= 0.6 is 11.6 Å². The molecule has 1 aromatic carbocycles. The van der Waals surface area contributed by atoms with E-state index in [4.69, 9.17) is 11.6 Å². The third-order valence-electron chi connectivity index (χ3n) is 2.41. The summed E-state index contributed by atoms with van der Waals surface area (Å²) in [5.41, 5.74) is 0.972. The lowest BCUT2D eigenvalue weighted by Gasteiger charge is -2.16. The van der Waals surface area contributed by atoms with Crippen molar-refractivity contribution in [1.29, 1.82) is 0 Å². The van der Waals surface area contributed by atoms with Gasteiger partial charge in [0, 0.05) is 5.02 Å². The topological polar surface area (TPSA) is 0 Å². The highest BCUT2D eigenvalue weighted by Gasteiger charge is 2.11. The largest absolute Gasteiger partial charge is 0.207 e. The minimum atomic E-state index is -0.255. The van der Waals surface area contributed by atoms with Gasteiger partial charge in [0.15, 0.2) is 0 Å². The molecule has 2 heteroatoms. The first-order chi connectivity index (χ1) is 6.00. The van der Waals surface area contributed by atoms with Crippen molar-refractivity contribution in [1.82, 2.24) is 0 Å². The Hall–Kier alpha value is -0.560. The molecule has 0 saturated heterocycles. The van der Waals surface area contributed by atoms with E-state index in [9.17, 15) is 4.39 Å². The van der Waals surface area contributed by atoms with Gasteiger partial charge in [0.2, 0.25) is 0 Å². The number of hydrogen-bond acceptors (Lipinski definition) is 0. The maximum Gasteiger partial charge on any atom is 0.124 e. The highest BCUT2D eigenvalue weighted by atomic mass is 35.5. The van der Waals surface area contributed by atoms with Crippen molar-refractivity contribution < 1.29 is 4.39 Å². The minimum absolute atomic E-state index is 0.255. The van der Waals surface area contributed by atoms with Gasteiger partial charge in [-0.2, -0.15) is 0 Å². The second-order valence-electron chi connectivity index (χ2n) is 3.74.